The van der Waals surface area contributed by atoms with E-state index in [1.165, 1.54) is 22.2 Å². The summed E-state index contributed by atoms with van der Waals surface area (Å²) in [6.07, 6.45) is 1.02. The van der Waals surface area contributed by atoms with E-state index in [9.17, 15) is 4.79 Å². The number of piperazine rings is 1. The molecule has 2 aromatic carbocycles. The van der Waals surface area contributed by atoms with Crippen LogP contribution in [0.25, 0.3) is 10.9 Å². The number of hydrogen-bond donors (Lipinski definition) is 2. The summed E-state index contributed by atoms with van der Waals surface area (Å²) in [4.78, 5) is 21.0. The van der Waals surface area contributed by atoms with Gasteiger partial charge < -0.3 is 15.2 Å². The summed E-state index contributed by atoms with van der Waals surface area (Å²) >= 11 is 0. The zero-order valence-electron chi connectivity index (χ0n) is 16.1. The van der Waals surface area contributed by atoms with E-state index in [4.69, 9.17) is 0 Å². The van der Waals surface area contributed by atoms with Gasteiger partial charge in [-0.3, -0.25) is 9.69 Å². The van der Waals surface area contributed by atoms with Gasteiger partial charge in [0.25, 0.3) is 5.91 Å². The Morgan fingerprint density at radius 2 is 1.82 bits per heavy atom. The van der Waals surface area contributed by atoms with Crippen LogP contribution >= 0.6 is 0 Å². The number of aromatic amines is 1. The van der Waals surface area contributed by atoms with Gasteiger partial charge in [0.15, 0.2) is 0 Å². The highest BCUT2D eigenvalue weighted by Crippen LogP contribution is 2.26. The van der Waals surface area contributed by atoms with Gasteiger partial charge in [0.05, 0.1) is 0 Å². The van der Waals surface area contributed by atoms with Crippen LogP contribution in [0.1, 0.15) is 27.2 Å². The molecule has 0 radical (unpaired) electrons. The van der Waals surface area contributed by atoms with Crippen LogP contribution in [0.15, 0.2) is 48.5 Å². The minimum Gasteiger partial charge on any atom is -0.357 e. The van der Waals surface area contributed by atoms with Crippen LogP contribution in [0.4, 0.5) is 0 Å². The number of hydrogen-bond acceptors (Lipinski definition) is 3. The van der Waals surface area contributed by atoms with Gasteiger partial charge in [-0.15, -0.1) is 0 Å². The van der Waals surface area contributed by atoms with Crippen LogP contribution in [-0.2, 0) is 19.5 Å². The lowest BCUT2D eigenvalue weighted by molar-refractivity contribution is 0.0628. The van der Waals surface area contributed by atoms with Crippen molar-refractivity contribution in [1.29, 1.82) is 0 Å². The molecular weight excluding hydrogens is 348 g/mol. The van der Waals surface area contributed by atoms with Crippen molar-refractivity contribution in [1.82, 2.24) is 20.1 Å². The standard InChI is InChI=1S/C23H26N4O/c28-23(27-12-10-26(11-13-27)16-17-4-2-1-3-5-17)18-6-7-21-20(14-18)19-8-9-24-15-22(19)25-21/h1-7,14,24-25H,8-13,15-16H2. The van der Waals surface area contributed by atoms with Crippen molar-refractivity contribution in [2.24, 2.45) is 0 Å². The lowest BCUT2D eigenvalue weighted by Gasteiger charge is -2.34. The number of aromatic nitrogens is 1. The molecule has 0 atom stereocenters. The lowest BCUT2D eigenvalue weighted by Crippen LogP contribution is -2.48. The fraction of sp³-hybridized carbons (Fsp3) is 0.348. The number of fused-ring (bicyclic) bond motifs is 3. The Balaban J connectivity index is 1.28. The second-order valence-electron chi connectivity index (χ2n) is 7.82. The topological polar surface area (TPSA) is 51.4 Å². The van der Waals surface area contributed by atoms with Crippen molar-refractivity contribution in [3.63, 3.8) is 0 Å². The molecular formula is C23H26N4O. The molecule has 3 aromatic rings. The third kappa shape index (κ3) is 3.32. The second-order valence-corrected chi connectivity index (χ2v) is 7.82. The molecule has 0 aliphatic carbocycles. The van der Waals surface area contributed by atoms with E-state index >= 15 is 0 Å². The number of rotatable bonds is 3. The van der Waals surface area contributed by atoms with Crippen molar-refractivity contribution >= 4 is 16.8 Å². The molecule has 144 valence electrons. The average molecular weight is 374 g/mol. The summed E-state index contributed by atoms with van der Waals surface area (Å²) in [5.41, 5.74) is 5.91. The first kappa shape index (κ1) is 17.5. The zero-order valence-corrected chi connectivity index (χ0v) is 16.1. The number of benzene rings is 2. The quantitative estimate of drug-likeness (QED) is 0.741. The van der Waals surface area contributed by atoms with Crippen molar-refractivity contribution in [2.75, 3.05) is 32.7 Å². The van der Waals surface area contributed by atoms with E-state index < -0.39 is 0 Å². The number of carbonyl (C=O) groups is 1. The highest BCUT2D eigenvalue weighted by Gasteiger charge is 2.23. The number of nitrogens with zero attached hydrogens (tertiary/aromatic N) is 2. The van der Waals surface area contributed by atoms with Gasteiger partial charge in [0.1, 0.15) is 0 Å². The monoisotopic (exact) mass is 374 g/mol. The molecule has 0 unspecified atom stereocenters. The van der Waals surface area contributed by atoms with Crippen LogP contribution in [0.5, 0.6) is 0 Å². The van der Waals surface area contributed by atoms with Crippen LogP contribution in [0.3, 0.4) is 0 Å². The molecule has 2 aliphatic heterocycles. The van der Waals surface area contributed by atoms with Crippen molar-refractivity contribution < 1.29 is 4.79 Å². The second kappa shape index (κ2) is 7.41. The smallest absolute Gasteiger partial charge is 0.253 e. The Morgan fingerprint density at radius 3 is 2.64 bits per heavy atom. The van der Waals surface area contributed by atoms with Crippen molar-refractivity contribution in [2.45, 2.75) is 19.5 Å². The van der Waals surface area contributed by atoms with E-state index in [1.807, 2.05) is 11.0 Å². The van der Waals surface area contributed by atoms with Crippen LogP contribution in [0.2, 0.25) is 0 Å². The Labute approximate surface area is 165 Å². The summed E-state index contributed by atoms with van der Waals surface area (Å²) in [6.45, 7) is 6.27. The molecule has 5 heteroatoms. The molecule has 1 amide bonds. The number of nitrogens with one attached hydrogen (secondary N) is 2. The number of H-pyrrole nitrogens is 1. The van der Waals surface area contributed by atoms with Crippen LogP contribution in [0, 0.1) is 0 Å². The van der Waals surface area contributed by atoms with Crippen LogP contribution in [-0.4, -0.2) is 53.4 Å². The van der Waals surface area contributed by atoms with Gasteiger partial charge in [0, 0.05) is 61.4 Å². The third-order valence-corrected chi connectivity index (χ3v) is 6.00. The average Bonchev–Trinajstić information content (AvgIpc) is 3.12. The van der Waals surface area contributed by atoms with Gasteiger partial charge >= 0.3 is 0 Å². The lowest BCUT2D eigenvalue weighted by atomic mass is 10.0. The predicted molar refractivity (Wildman–Crippen MR) is 111 cm³/mol. The first-order valence-corrected chi connectivity index (χ1v) is 10.2. The molecule has 3 heterocycles. The van der Waals surface area contributed by atoms with Crippen molar-refractivity contribution in [3.05, 3.63) is 70.9 Å². The molecule has 1 aromatic heterocycles. The Hall–Kier alpha value is -2.63. The highest BCUT2D eigenvalue weighted by molar-refractivity contribution is 5.99. The SMILES string of the molecule is O=C(c1ccc2[nH]c3c(c2c1)CCNC3)N1CCN(Cc2ccccc2)CC1. The van der Waals surface area contributed by atoms with E-state index in [0.29, 0.717) is 0 Å². The third-order valence-electron chi connectivity index (χ3n) is 6.00. The van der Waals surface area contributed by atoms with Crippen LogP contribution < -0.4 is 5.32 Å². The maximum atomic E-state index is 13.1. The highest BCUT2D eigenvalue weighted by atomic mass is 16.2. The van der Waals surface area contributed by atoms with Gasteiger partial charge in [0.2, 0.25) is 0 Å². The molecule has 0 saturated carbocycles. The fourth-order valence-electron chi connectivity index (χ4n) is 4.43. The largest absolute Gasteiger partial charge is 0.357 e. The summed E-state index contributed by atoms with van der Waals surface area (Å²) in [5.74, 6) is 0.158. The summed E-state index contributed by atoms with van der Waals surface area (Å²) in [7, 11) is 0. The number of amides is 1. The summed E-state index contributed by atoms with van der Waals surface area (Å²) < 4.78 is 0. The zero-order chi connectivity index (χ0) is 18.9. The molecule has 5 nitrogen and oxygen atoms in total. The van der Waals surface area contributed by atoms with Gasteiger partial charge in [-0.25, -0.2) is 0 Å². The molecule has 0 bridgehead atoms. The van der Waals surface area contributed by atoms with Gasteiger partial charge in [-0.05, 0) is 42.3 Å². The van der Waals surface area contributed by atoms with E-state index in [0.717, 1.165) is 63.3 Å². The molecule has 5 rings (SSSR count). The number of carbonyl (C=O) groups excluding carboxylic acids is 1. The van der Waals surface area contributed by atoms with Crippen molar-refractivity contribution in [3.8, 4) is 0 Å². The normalized spacial score (nSPS) is 17.6. The Bertz CT molecular complexity index is 987. The van der Waals surface area contributed by atoms with Gasteiger partial charge in [-0.2, -0.15) is 0 Å². The fourth-order valence-corrected chi connectivity index (χ4v) is 4.43. The van der Waals surface area contributed by atoms with E-state index in [2.05, 4.69) is 57.7 Å². The van der Waals surface area contributed by atoms with E-state index in [1.54, 1.807) is 0 Å². The predicted octanol–water partition coefficient (Wildman–Crippen LogP) is 2.77. The molecule has 2 aliphatic rings. The maximum Gasteiger partial charge on any atom is 0.253 e. The Kier molecular flexibility index (Phi) is 4.63. The molecule has 1 fully saturated rings. The first-order chi connectivity index (χ1) is 13.8. The molecule has 2 N–H and O–H groups in total. The summed E-state index contributed by atoms with van der Waals surface area (Å²) in [6, 6.07) is 16.7. The van der Waals surface area contributed by atoms with E-state index in [-0.39, 0.29) is 5.91 Å². The maximum absolute atomic E-state index is 13.1. The first-order valence-electron chi connectivity index (χ1n) is 10.2. The Morgan fingerprint density at radius 1 is 1.00 bits per heavy atom. The molecule has 28 heavy (non-hydrogen) atoms. The minimum absolute atomic E-state index is 0.158. The molecule has 0 spiro atoms. The minimum atomic E-state index is 0.158. The summed E-state index contributed by atoms with van der Waals surface area (Å²) in [5, 5.41) is 4.61. The van der Waals surface area contributed by atoms with Gasteiger partial charge in [-0.1, -0.05) is 30.3 Å². The molecule has 1 saturated heterocycles.